The van der Waals surface area contributed by atoms with Gasteiger partial charge in [0.05, 0.1) is 0 Å². The Balaban J connectivity index is 1.89. The van der Waals surface area contributed by atoms with Crippen molar-refractivity contribution in [2.45, 2.75) is 50.7 Å². The number of aliphatic imine (C=N–C) groups is 1. The van der Waals surface area contributed by atoms with Crippen molar-refractivity contribution in [3.63, 3.8) is 0 Å². The van der Waals surface area contributed by atoms with E-state index in [0.717, 1.165) is 33.8 Å². The molecule has 1 amide bonds. The molecule has 2 aliphatic heterocycles. The molecule has 2 spiro atoms. The summed E-state index contributed by atoms with van der Waals surface area (Å²) in [6, 6.07) is 5.99. The number of benzene rings is 1. The van der Waals surface area contributed by atoms with E-state index in [-0.39, 0.29) is 11.5 Å². The lowest BCUT2D eigenvalue weighted by molar-refractivity contribution is -0.136. The zero-order valence-corrected chi connectivity index (χ0v) is 18.1. The number of likely N-dealkylation sites (N-methyl/N-ethyl adjacent to an activating group) is 1. The van der Waals surface area contributed by atoms with Gasteiger partial charge in [0, 0.05) is 23.5 Å². The van der Waals surface area contributed by atoms with Gasteiger partial charge in [-0.05, 0) is 55.6 Å². The molecule has 3 aliphatic rings. The van der Waals surface area contributed by atoms with Gasteiger partial charge in [-0.25, -0.2) is 4.99 Å². The molecule has 0 radical (unpaired) electrons. The quantitative estimate of drug-likeness (QED) is 0.585. The van der Waals surface area contributed by atoms with Crippen LogP contribution in [0.15, 0.2) is 27.7 Å². The fraction of sp³-hybridized carbons (Fsp3) is 0.600. The third-order valence-corrected chi connectivity index (χ3v) is 7.18. The molecule has 0 N–H and O–H groups in total. The Morgan fingerprint density at radius 2 is 2.00 bits per heavy atom. The second-order valence-corrected chi connectivity index (χ2v) is 9.97. The molecule has 140 valence electrons. The molecular weight excluding hydrogens is 412 g/mol. The van der Waals surface area contributed by atoms with Crippen molar-refractivity contribution < 1.29 is 9.53 Å². The Hall–Kier alpha value is -1.01. The van der Waals surface area contributed by atoms with Crippen LogP contribution >= 0.6 is 27.7 Å². The average molecular weight is 437 g/mol. The molecule has 1 aliphatic carbocycles. The van der Waals surface area contributed by atoms with Crippen molar-refractivity contribution in [2.75, 3.05) is 13.3 Å². The summed E-state index contributed by atoms with van der Waals surface area (Å²) in [5, 5.41) is 0.787. The van der Waals surface area contributed by atoms with E-state index in [1.165, 1.54) is 18.2 Å². The molecule has 1 fully saturated rings. The number of carbonyl (C=O) groups is 1. The maximum Gasteiger partial charge on any atom is 0.261 e. The van der Waals surface area contributed by atoms with Gasteiger partial charge in [0.25, 0.3) is 5.91 Å². The lowest BCUT2D eigenvalue weighted by Gasteiger charge is -2.49. The van der Waals surface area contributed by atoms with Gasteiger partial charge in [-0.3, -0.25) is 9.69 Å². The molecule has 26 heavy (non-hydrogen) atoms. The number of carbonyl (C=O) groups excluding carboxylic acids is 1. The molecular formula is C20H25BrN2O2S. The van der Waals surface area contributed by atoms with Gasteiger partial charge < -0.3 is 4.74 Å². The van der Waals surface area contributed by atoms with E-state index in [4.69, 9.17) is 9.73 Å². The zero-order chi connectivity index (χ0) is 18.7. The third-order valence-electron chi connectivity index (χ3n) is 5.95. The minimum atomic E-state index is -0.860. The molecule has 0 bridgehead atoms. The first-order chi connectivity index (χ1) is 12.3. The van der Waals surface area contributed by atoms with Crippen molar-refractivity contribution >= 4 is 38.8 Å². The van der Waals surface area contributed by atoms with Gasteiger partial charge in [-0.1, -0.05) is 41.5 Å². The van der Waals surface area contributed by atoms with Crippen molar-refractivity contribution in [1.29, 1.82) is 0 Å². The van der Waals surface area contributed by atoms with E-state index >= 15 is 0 Å². The molecule has 0 saturated heterocycles. The van der Waals surface area contributed by atoms with Gasteiger partial charge >= 0.3 is 0 Å². The first-order valence-corrected chi connectivity index (χ1v) is 11.2. The number of halogens is 1. The summed E-state index contributed by atoms with van der Waals surface area (Å²) in [5.41, 5.74) is -0.281. The zero-order valence-electron chi connectivity index (χ0n) is 15.7. The highest BCUT2D eigenvalue weighted by Gasteiger charge is 2.59. The molecule has 2 heterocycles. The SMILES string of the molecule is CSC1=NC2(CC3(CC(C)CC(C)C3)Oc3ccc(Br)cc32)C(=O)N1C. The van der Waals surface area contributed by atoms with E-state index in [1.807, 2.05) is 31.5 Å². The first-order valence-electron chi connectivity index (χ1n) is 9.20. The van der Waals surface area contributed by atoms with Gasteiger partial charge in [0.15, 0.2) is 10.7 Å². The van der Waals surface area contributed by atoms with Crippen molar-refractivity contribution in [3.8, 4) is 5.75 Å². The molecule has 1 aromatic carbocycles. The number of nitrogens with zero attached hydrogens (tertiary/aromatic N) is 2. The van der Waals surface area contributed by atoms with Gasteiger partial charge in [0.2, 0.25) is 0 Å². The van der Waals surface area contributed by atoms with E-state index < -0.39 is 5.54 Å². The largest absolute Gasteiger partial charge is 0.487 e. The topological polar surface area (TPSA) is 41.9 Å². The van der Waals surface area contributed by atoms with Crippen LogP contribution in [0.5, 0.6) is 5.75 Å². The fourth-order valence-electron chi connectivity index (χ4n) is 5.30. The molecule has 0 aromatic heterocycles. The van der Waals surface area contributed by atoms with Gasteiger partial charge in [-0.15, -0.1) is 0 Å². The number of ether oxygens (including phenoxy) is 1. The molecule has 3 atom stereocenters. The van der Waals surface area contributed by atoms with Crippen LogP contribution in [0.1, 0.15) is 45.1 Å². The summed E-state index contributed by atoms with van der Waals surface area (Å²) < 4.78 is 7.58. The monoisotopic (exact) mass is 436 g/mol. The summed E-state index contributed by atoms with van der Waals surface area (Å²) in [5.74, 6) is 2.06. The molecule has 1 aromatic rings. The van der Waals surface area contributed by atoms with Crippen LogP contribution in [0.2, 0.25) is 0 Å². The smallest absolute Gasteiger partial charge is 0.261 e. The number of hydrogen-bond acceptors (Lipinski definition) is 4. The minimum absolute atomic E-state index is 0.0646. The Labute approximate surface area is 167 Å². The molecule has 4 rings (SSSR count). The summed E-state index contributed by atoms with van der Waals surface area (Å²) >= 11 is 5.09. The summed E-state index contributed by atoms with van der Waals surface area (Å²) in [7, 11) is 1.83. The summed E-state index contributed by atoms with van der Waals surface area (Å²) in [4.78, 5) is 20.2. The van der Waals surface area contributed by atoms with Gasteiger partial charge in [0.1, 0.15) is 11.4 Å². The summed E-state index contributed by atoms with van der Waals surface area (Å²) in [6.07, 6.45) is 5.79. The number of rotatable bonds is 0. The Bertz CT molecular complexity index is 786. The van der Waals surface area contributed by atoms with Crippen LogP contribution in [0.4, 0.5) is 0 Å². The van der Waals surface area contributed by atoms with Crippen molar-refractivity contribution in [2.24, 2.45) is 16.8 Å². The van der Waals surface area contributed by atoms with Crippen molar-refractivity contribution in [3.05, 3.63) is 28.2 Å². The predicted molar refractivity (Wildman–Crippen MR) is 110 cm³/mol. The minimum Gasteiger partial charge on any atom is -0.487 e. The summed E-state index contributed by atoms with van der Waals surface area (Å²) in [6.45, 7) is 4.59. The van der Waals surface area contributed by atoms with Crippen LogP contribution in [-0.2, 0) is 10.3 Å². The number of hydrogen-bond donors (Lipinski definition) is 0. The predicted octanol–water partition coefficient (Wildman–Crippen LogP) is 4.81. The highest BCUT2D eigenvalue weighted by atomic mass is 79.9. The first kappa shape index (κ1) is 18.4. The standard InChI is InChI=1S/C20H25BrN2O2S/c1-12-7-13(2)10-19(9-12)11-20(17(24)23(3)18(22-20)26-4)15-8-14(21)5-6-16(15)25-19/h5-6,8,12-13H,7,9-11H2,1-4H3. The number of amidine groups is 1. The van der Waals surface area contributed by atoms with Crippen LogP contribution in [0.3, 0.4) is 0 Å². The second-order valence-electron chi connectivity index (χ2n) is 8.28. The van der Waals surface area contributed by atoms with Crippen LogP contribution < -0.4 is 4.74 Å². The Morgan fingerprint density at radius 1 is 1.31 bits per heavy atom. The van der Waals surface area contributed by atoms with Crippen LogP contribution in [0.25, 0.3) is 0 Å². The maximum absolute atomic E-state index is 13.4. The van der Waals surface area contributed by atoms with Crippen molar-refractivity contribution in [1.82, 2.24) is 4.90 Å². The number of fused-ring (bicyclic) bond motifs is 2. The number of thioether (sulfide) groups is 1. The normalized spacial score (nSPS) is 36.3. The lowest BCUT2D eigenvalue weighted by Crippen LogP contribution is -2.54. The number of amides is 1. The highest BCUT2D eigenvalue weighted by Crippen LogP contribution is 2.55. The Morgan fingerprint density at radius 3 is 2.62 bits per heavy atom. The molecule has 1 saturated carbocycles. The molecule has 3 unspecified atom stereocenters. The third kappa shape index (κ3) is 2.71. The Kier molecular flexibility index (Phi) is 4.42. The van der Waals surface area contributed by atoms with E-state index in [2.05, 4.69) is 29.8 Å². The van der Waals surface area contributed by atoms with Gasteiger partial charge in [-0.2, -0.15) is 0 Å². The van der Waals surface area contributed by atoms with Crippen LogP contribution in [0, 0.1) is 11.8 Å². The second kappa shape index (κ2) is 6.26. The van der Waals surface area contributed by atoms with E-state index in [0.29, 0.717) is 18.3 Å². The highest BCUT2D eigenvalue weighted by molar-refractivity contribution is 9.10. The van der Waals surface area contributed by atoms with E-state index in [1.54, 1.807) is 4.90 Å². The fourth-order valence-corrected chi connectivity index (χ4v) is 6.27. The van der Waals surface area contributed by atoms with E-state index in [9.17, 15) is 4.79 Å². The maximum atomic E-state index is 13.4. The molecule has 6 heteroatoms. The average Bonchev–Trinajstić information content (AvgIpc) is 2.80. The molecule has 4 nitrogen and oxygen atoms in total. The lowest BCUT2D eigenvalue weighted by atomic mass is 9.66. The van der Waals surface area contributed by atoms with Crippen LogP contribution in [-0.4, -0.2) is 34.9 Å².